The van der Waals surface area contributed by atoms with E-state index in [-0.39, 0.29) is 5.63 Å². The van der Waals surface area contributed by atoms with Crippen LogP contribution in [0.4, 0.5) is 0 Å². The van der Waals surface area contributed by atoms with Crippen LogP contribution in [0.5, 0.6) is 0 Å². The lowest BCUT2D eigenvalue weighted by Crippen LogP contribution is -2.01. The van der Waals surface area contributed by atoms with E-state index in [1.807, 2.05) is 17.7 Å². The van der Waals surface area contributed by atoms with Gasteiger partial charge in [-0.1, -0.05) is 41.6 Å². The van der Waals surface area contributed by atoms with Gasteiger partial charge in [-0.2, -0.15) is 0 Å². The average Bonchev–Trinajstić information content (AvgIpc) is 3.31. The Hall–Kier alpha value is -2.86. The molecule has 5 rings (SSSR count). The van der Waals surface area contributed by atoms with E-state index < -0.39 is 0 Å². The van der Waals surface area contributed by atoms with Crippen LogP contribution in [0.3, 0.4) is 0 Å². The van der Waals surface area contributed by atoms with Crippen LogP contribution in [-0.2, 0) is 25.6 Å². The zero-order valence-corrected chi connectivity index (χ0v) is 17.3. The van der Waals surface area contributed by atoms with Crippen LogP contribution in [0, 0.1) is 6.92 Å². The zero-order chi connectivity index (χ0) is 20.0. The van der Waals surface area contributed by atoms with Gasteiger partial charge in [0.2, 0.25) is 0 Å². The minimum absolute atomic E-state index is 0.302. The highest BCUT2D eigenvalue weighted by Crippen LogP contribution is 2.31. The predicted molar refractivity (Wildman–Crippen MR) is 115 cm³/mol. The molecular weight excluding hydrogens is 382 g/mol. The molecule has 0 bridgehead atoms. The monoisotopic (exact) mass is 403 g/mol. The Balaban J connectivity index is 1.45. The van der Waals surface area contributed by atoms with E-state index in [9.17, 15) is 4.79 Å². The first-order chi connectivity index (χ1) is 14.1. The largest absolute Gasteiger partial charge is 0.423 e. The maximum atomic E-state index is 12.1. The molecule has 2 heterocycles. The number of nitrogens with zero attached hydrogens (tertiary/aromatic N) is 3. The summed E-state index contributed by atoms with van der Waals surface area (Å²) in [5, 5.41) is 10.6. The molecular formula is C23H21N3O2S. The molecule has 5 nitrogen and oxygen atoms in total. The Labute approximate surface area is 172 Å². The molecule has 0 atom stereocenters. The summed E-state index contributed by atoms with van der Waals surface area (Å²) in [5.74, 6) is 1.48. The lowest BCUT2D eigenvalue weighted by atomic mass is 10.0. The summed E-state index contributed by atoms with van der Waals surface area (Å²) in [7, 11) is 1.97. The molecule has 1 aliphatic carbocycles. The molecule has 2 aromatic carbocycles. The quantitative estimate of drug-likeness (QED) is 0.366. The summed E-state index contributed by atoms with van der Waals surface area (Å²) in [6.45, 7) is 2.07. The van der Waals surface area contributed by atoms with Gasteiger partial charge in [0.15, 0.2) is 11.0 Å². The van der Waals surface area contributed by atoms with Crippen molar-refractivity contribution in [1.82, 2.24) is 14.8 Å². The minimum Gasteiger partial charge on any atom is -0.423 e. The van der Waals surface area contributed by atoms with Gasteiger partial charge in [-0.3, -0.25) is 0 Å². The fourth-order valence-electron chi connectivity index (χ4n) is 3.95. The number of hydrogen-bond donors (Lipinski definition) is 0. The predicted octanol–water partition coefficient (Wildman–Crippen LogP) is 4.68. The van der Waals surface area contributed by atoms with Crippen molar-refractivity contribution in [3.63, 3.8) is 0 Å². The van der Waals surface area contributed by atoms with E-state index in [1.165, 1.54) is 23.1 Å². The molecule has 6 heteroatoms. The highest BCUT2D eigenvalue weighted by Gasteiger charge is 2.16. The zero-order valence-electron chi connectivity index (χ0n) is 16.4. The molecule has 2 aromatic heterocycles. The van der Waals surface area contributed by atoms with Crippen LogP contribution < -0.4 is 5.63 Å². The van der Waals surface area contributed by atoms with Crippen LogP contribution in [-0.4, -0.2) is 14.8 Å². The van der Waals surface area contributed by atoms with E-state index in [4.69, 9.17) is 4.42 Å². The van der Waals surface area contributed by atoms with Crippen LogP contribution >= 0.6 is 11.8 Å². The minimum atomic E-state index is -0.302. The second kappa shape index (κ2) is 7.19. The van der Waals surface area contributed by atoms with Crippen LogP contribution in [0.15, 0.2) is 56.8 Å². The third-order valence-corrected chi connectivity index (χ3v) is 6.61. The third-order valence-electron chi connectivity index (χ3n) is 5.54. The van der Waals surface area contributed by atoms with Crippen molar-refractivity contribution in [3.8, 4) is 11.4 Å². The molecule has 0 amide bonds. The summed E-state index contributed by atoms with van der Waals surface area (Å²) < 4.78 is 7.48. The van der Waals surface area contributed by atoms with E-state index >= 15 is 0 Å². The number of hydrogen-bond acceptors (Lipinski definition) is 5. The van der Waals surface area contributed by atoms with Gasteiger partial charge < -0.3 is 8.98 Å². The molecule has 0 radical (unpaired) electrons. The Bertz CT molecular complexity index is 1270. The highest BCUT2D eigenvalue weighted by molar-refractivity contribution is 7.98. The fraction of sp³-hybridized carbons (Fsp3) is 0.261. The van der Waals surface area contributed by atoms with Crippen LogP contribution in [0.2, 0.25) is 0 Å². The summed E-state index contributed by atoms with van der Waals surface area (Å²) >= 11 is 1.58. The van der Waals surface area contributed by atoms with Crippen molar-refractivity contribution in [2.75, 3.05) is 0 Å². The lowest BCUT2D eigenvalue weighted by molar-refractivity contribution is 0.559. The van der Waals surface area contributed by atoms with Gasteiger partial charge in [-0.15, -0.1) is 10.2 Å². The van der Waals surface area contributed by atoms with Crippen molar-refractivity contribution in [1.29, 1.82) is 0 Å². The average molecular weight is 404 g/mol. The molecule has 4 aromatic rings. The molecule has 0 unspecified atom stereocenters. The van der Waals surface area contributed by atoms with Crippen molar-refractivity contribution in [2.24, 2.45) is 7.05 Å². The Morgan fingerprint density at radius 2 is 1.83 bits per heavy atom. The fourth-order valence-corrected chi connectivity index (χ4v) is 4.85. The van der Waals surface area contributed by atoms with E-state index in [0.29, 0.717) is 11.3 Å². The molecule has 0 fully saturated rings. The Kier molecular flexibility index (Phi) is 4.51. The number of fused-ring (bicyclic) bond motifs is 2. The second-order valence-corrected chi connectivity index (χ2v) is 8.52. The van der Waals surface area contributed by atoms with E-state index in [1.54, 1.807) is 17.8 Å². The highest BCUT2D eigenvalue weighted by atomic mass is 32.2. The second-order valence-electron chi connectivity index (χ2n) is 7.58. The van der Waals surface area contributed by atoms with Gasteiger partial charge >= 0.3 is 5.63 Å². The van der Waals surface area contributed by atoms with Gasteiger partial charge in [-0.25, -0.2) is 4.79 Å². The van der Waals surface area contributed by atoms with Gasteiger partial charge in [0, 0.05) is 29.8 Å². The van der Waals surface area contributed by atoms with Crippen LogP contribution in [0.1, 0.15) is 28.7 Å². The maximum absolute atomic E-state index is 12.1. The third kappa shape index (κ3) is 3.38. The van der Waals surface area contributed by atoms with Crippen molar-refractivity contribution < 1.29 is 4.42 Å². The van der Waals surface area contributed by atoms with Crippen molar-refractivity contribution in [3.05, 3.63) is 75.1 Å². The number of benzene rings is 2. The first-order valence-electron chi connectivity index (χ1n) is 9.76. The molecule has 0 spiro atoms. The molecule has 0 saturated heterocycles. The number of aromatic nitrogens is 3. The summed E-state index contributed by atoms with van der Waals surface area (Å²) in [5.41, 5.74) is 6.30. The molecule has 1 aliphatic rings. The summed E-state index contributed by atoms with van der Waals surface area (Å²) in [6, 6.07) is 14.1. The first kappa shape index (κ1) is 18.2. The number of rotatable bonds is 4. The Morgan fingerprint density at radius 3 is 2.62 bits per heavy atom. The summed E-state index contributed by atoms with van der Waals surface area (Å²) in [6.07, 6.45) is 3.33. The van der Waals surface area contributed by atoms with Gasteiger partial charge in [0.25, 0.3) is 0 Å². The number of thioether (sulfide) groups is 1. The Morgan fingerprint density at radius 1 is 1.07 bits per heavy atom. The van der Waals surface area contributed by atoms with Crippen LogP contribution in [0.25, 0.3) is 22.4 Å². The van der Waals surface area contributed by atoms with Crippen molar-refractivity contribution in [2.45, 2.75) is 37.1 Å². The molecule has 0 saturated carbocycles. The summed E-state index contributed by atoms with van der Waals surface area (Å²) in [4.78, 5) is 12.1. The molecule has 29 heavy (non-hydrogen) atoms. The number of aryl methyl sites for hydroxylation is 3. The van der Waals surface area contributed by atoms with Gasteiger partial charge in [-0.05, 0) is 55.0 Å². The molecule has 0 aliphatic heterocycles. The van der Waals surface area contributed by atoms with Crippen molar-refractivity contribution >= 4 is 22.7 Å². The SMILES string of the molecule is Cc1ccc(-c2nnc(SCc3cc(=O)oc4cc5c(cc34)CCC5)n2C)cc1. The normalized spacial score (nSPS) is 13.2. The lowest BCUT2D eigenvalue weighted by Gasteiger charge is -2.08. The first-order valence-corrected chi connectivity index (χ1v) is 10.7. The standard InChI is InChI=1S/C23H21N3O2S/c1-14-6-8-15(9-7-14)22-24-25-23(26(22)2)29-13-18-12-21(27)28-20-11-17-5-3-4-16(17)10-19(18)20/h6-12H,3-5,13H2,1-2H3. The van der Waals surface area contributed by atoms with E-state index in [0.717, 1.165) is 40.3 Å². The van der Waals surface area contributed by atoms with Gasteiger partial charge in [0.05, 0.1) is 0 Å². The van der Waals surface area contributed by atoms with Gasteiger partial charge in [0.1, 0.15) is 5.58 Å². The smallest absolute Gasteiger partial charge is 0.336 e. The van der Waals surface area contributed by atoms with E-state index in [2.05, 4.69) is 47.5 Å². The molecule has 146 valence electrons. The molecule has 0 N–H and O–H groups in total. The topological polar surface area (TPSA) is 60.9 Å². The maximum Gasteiger partial charge on any atom is 0.336 e.